The Hall–Kier alpha value is -2.04. The molecule has 0 atom stereocenters. The number of rotatable bonds is 4. The van der Waals surface area contributed by atoms with Crippen LogP contribution in [0.1, 0.15) is 87.8 Å². The van der Waals surface area contributed by atoms with Gasteiger partial charge >= 0.3 is 0 Å². The summed E-state index contributed by atoms with van der Waals surface area (Å²) in [6.45, 7) is 15.2. The maximum atomic E-state index is 11.1. The van der Waals surface area contributed by atoms with E-state index in [0.717, 1.165) is 33.4 Å². The third-order valence-electron chi connectivity index (χ3n) is 5.42. The van der Waals surface area contributed by atoms with Crippen molar-refractivity contribution in [3.63, 3.8) is 0 Å². The zero-order valence-corrected chi connectivity index (χ0v) is 18.4. The molecule has 4 nitrogen and oxygen atoms in total. The van der Waals surface area contributed by atoms with E-state index in [-0.39, 0.29) is 28.2 Å². The van der Waals surface area contributed by atoms with Crippen molar-refractivity contribution in [1.82, 2.24) is 0 Å². The predicted octanol–water partition coefficient (Wildman–Crippen LogP) is 4.76. The fraction of sp³-hybridized carbons (Fsp3) is 0.500. The van der Waals surface area contributed by atoms with E-state index >= 15 is 0 Å². The fourth-order valence-corrected chi connectivity index (χ4v) is 3.64. The molecular formula is C24H36N2O2. The van der Waals surface area contributed by atoms with Gasteiger partial charge in [0.05, 0.1) is 0 Å². The minimum atomic E-state index is -0.221. The van der Waals surface area contributed by atoms with Crippen molar-refractivity contribution in [2.45, 2.75) is 78.3 Å². The highest BCUT2D eigenvalue weighted by atomic mass is 16.3. The molecule has 0 spiro atoms. The molecule has 0 aliphatic heterocycles. The van der Waals surface area contributed by atoms with Crippen molar-refractivity contribution >= 4 is 0 Å². The molecule has 0 bridgehead atoms. The lowest BCUT2D eigenvalue weighted by atomic mass is 9.78. The van der Waals surface area contributed by atoms with Gasteiger partial charge in [0, 0.05) is 30.1 Å². The van der Waals surface area contributed by atoms with Crippen molar-refractivity contribution < 1.29 is 10.2 Å². The van der Waals surface area contributed by atoms with E-state index < -0.39 is 0 Å². The van der Waals surface area contributed by atoms with Gasteiger partial charge in [-0.15, -0.1) is 0 Å². The summed E-state index contributed by atoms with van der Waals surface area (Å²) < 4.78 is 0. The lowest BCUT2D eigenvalue weighted by molar-refractivity contribution is 0.429. The van der Waals surface area contributed by atoms with Crippen LogP contribution in [-0.4, -0.2) is 10.2 Å². The summed E-state index contributed by atoms with van der Waals surface area (Å²) in [6.07, 6.45) is 0. The predicted molar refractivity (Wildman–Crippen MR) is 117 cm³/mol. The molecule has 6 N–H and O–H groups in total. The summed E-state index contributed by atoms with van der Waals surface area (Å²) in [5, 5.41) is 22.2. The normalized spacial score (nSPS) is 12.6. The zero-order chi connectivity index (χ0) is 21.4. The Labute approximate surface area is 169 Å². The summed E-state index contributed by atoms with van der Waals surface area (Å²) in [6, 6.07) is 7.84. The minimum Gasteiger partial charge on any atom is -0.507 e. The van der Waals surface area contributed by atoms with E-state index in [2.05, 4.69) is 41.5 Å². The highest BCUT2D eigenvalue weighted by Crippen LogP contribution is 2.44. The molecule has 2 aromatic carbocycles. The first-order valence-electron chi connectivity index (χ1n) is 9.93. The van der Waals surface area contributed by atoms with Crippen molar-refractivity contribution in [3.8, 4) is 11.5 Å². The zero-order valence-electron chi connectivity index (χ0n) is 18.4. The molecule has 0 radical (unpaired) electrons. The van der Waals surface area contributed by atoms with Gasteiger partial charge in [0.15, 0.2) is 0 Å². The molecule has 0 unspecified atom stereocenters. The molecule has 0 aromatic heterocycles. The quantitative estimate of drug-likeness (QED) is 0.611. The maximum Gasteiger partial charge on any atom is 0.123 e. The van der Waals surface area contributed by atoms with E-state index in [1.807, 2.05) is 31.2 Å². The number of phenols is 2. The number of nitrogens with two attached hydrogens (primary N) is 2. The summed E-state index contributed by atoms with van der Waals surface area (Å²) in [5.74, 6) is 0.333. The van der Waals surface area contributed by atoms with E-state index in [9.17, 15) is 10.2 Å². The van der Waals surface area contributed by atoms with Gasteiger partial charge in [-0.3, -0.25) is 0 Å². The summed E-state index contributed by atoms with van der Waals surface area (Å²) in [5.41, 5.74) is 16.6. The molecule has 0 heterocycles. The Morgan fingerprint density at radius 3 is 1.29 bits per heavy atom. The van der Waals surface area contributed by atoms with Crippen molar-refractivity contribution in [2.24, 2.45) is 11.5 Å². The lowest BCUT2D eigenvalue weighted by Crippen LogP contribution is -2.16. The number of hydrogen-bond acceptors (Lipinski definition) is 4. The van der Waals surface area contributed by atoms with Crippen molar-refractivity contribution in [1.29, 1.82) is 0 Å². The van der Waals surface area contributed by atoms with Gasteiger partial charge in [-0.1, -0.05) is 72.7 Å². The van der Waals surface area contributed by atoms with Gasteiger partial charge in [-0.2, -0.15) is 0 Å². The SMILES string of the molecule is CC(c1cc(CN)cc(C(C)(C)C)c1O)c1cc(CN)cc(C(C)(C)C)c1O. The Balaban J connectivity index is 2.75. The van der Waals surface area contributed by atoms with Gasteiger partial charge < -0.3 is 21.7 Å². The molecule has 28 heavy (non-hydrogen) atoms. The Bertz CT molecular complexity index is 787. The van der Waals surface area contributed by atoms with Crippen molar-refractivity contribution in [2.75, 3.05) is 0 Å². The molecule has 0 amide bonds. The minimum absolute atomic E-state index is 0.208. The third-order valence-corrected chi connectivity index (χ3v) is 5.42. The van der Waals surface area contributed by atoms with E-state index in [1.165, 1.54) is 0 Å². The van der Waals surface area contributed by atoms with Crippen LogP contribution in [0, 0.1) is 0 Å². The molecule has 0 fully saturated rings. The summed E-state index contributed by atoms with van der Waals surface area (Å²) >= 11 is 0. The smallest absolute Gasteiger partial charge is 0.123 e. The van der Waals surface area contributed by atoms with Gasteiger partial charge in [-0.25, -0.2) is 0 Å². The topological polar surface area (TPSA) is 92.5 Å². The third kappa shape index (κ3) is 4.34. The second-order valence-corrected chi connectivity index (χ2v) is 9.79. The van der Waals surface area contributed by atoms with Crippen LogP contribution in [0.3, 0.4) is 0 Å². The van der Waals surface area contributed by atoms with Crippen LogP contribution < -0.4 is 11.5 Å². The molecule has 4 heteroatoms. The number of aromatic hydroxyl groups is 2. The van der Waals surface area contributed by atoms with Crippen LogP contribution in [0.5, 0.6) is 11.5 Å². The number of phenolic OH excluding ortho intramolecular Hbond substituents is 2. The van der Waals surface area contributed by atoms with Crippen LogP contribution in [-0.2, 0) is 23.9 Å². The Kier molecular flexibility index (Phi) is 6.17. The molecule has 0 aliphatic rings. The maximum absolute atomic E-state index is 11.1. The van der Waals surface area contributed by atoms with Crippen LogP contribution in [0.15, 0.2) is 24.3 Å². The molecule has 154 valence electrons. The first kappa shape index (κ1) is 22.3. The van der Waals surface area contributed by atoms with E-state index in [4.69, 9.17) is 11.5 Å². The van der Waals surface area contributed by atoms with Gasteiger partial charge in [0.1, 0.15) is 11.5 Å². The van der Waals surface area contributed by atoms with Crippen molar-refractivity contribution in [3.05, 3.63) is 57.6 Å². The van der Waals surface area contributed by atoms with E-state index in [0.29, 0.717) is 13.1 Å². The molecule has 2 aromatic rings. The largest absolute Gasteiger partial charge is 0.507 e. The molecule has 0 saturated heterocycles. The highest BCUT2D eigenvalue weighted by Gasteiger charge is 2.27. The first-order valence-corrected chi connectivity index (χ1v) is 9.93. The molecular weight excluding hydrogens is 348 g/mol. The lowest BCUT2D eigenvalue weighted by Gasteiger charge is -2.28. The molecule has 2 rings (SSSR count). The second-order valence-electron chi connectivity index (χ2n) is 9.79. The average Bonchev–Trinajstić information content (AvgIpc) is 2.59. The monoisotopic (exact) mass is 384 g/mol. The highest BCUT2D eigenvalue weighted by molar-refractivity contribution is 5.56. The van der Waals surface area contributed by atoms with Gasteiger partial charge in [-0.05, 0) is 33.1 Å². The van der Waals surface area contributed by atoms with Crippen LogP contribution in [0.2, 0.25) is 0 Å². The molecule has 0 saturated carbocycles. The van der Waals surface area contributed by atoms with Gasteiger partial charge in [0.2, 0.25) is 0 Å². The van der Waals surface area contributed by atoms with Crippen LogP contribution in [0.25, 0.3) is 0 Å². The number of benzene rings is 2. The summed E-state index contributed by atoms with van der Waals surface area (Å²) in [4.78, 5) is 0. The average molecular weight is 385 g/mol. The first-order chi connectivity index (χ1) is 12.8. The molecule has 0 aliphatic carbocycles. The second kappa shape index (κ2) is 7.76. The summed E-state index contributed by atoms with van der Waals surface area (Å²) in [7, 11) is 0. The van der Waals surface area contributed by atoms with Crippen LogP contribution in [0.4, 0.5) is 0 Å². The Morgan fingerprint density at radius 1 is 0.714 bits per heavy atom. The number of hydrogen-bond donors (Lipinski definition) is 4. The Morgan fingerprint density at radius 2 is 1.04 bits per heavy atom. The van der Waals surface area contributed by atoms with Crippen LogP contribution >= 0.6 is 0 Å². The fourth-order valence-electron chi connectivity index (χ4n) is 3.64. The van der Waals surface area contributed by atoms with Gasteiger partial charge in [0.25, 0.3) is 0 Å². The standard InChI is InChI=1S/C24H36N2O2/c1-14(17-8-15(12-25)10-19(21(17)27)23(2,3)4)18-9-16(13-26)11-20(22(18)28)24(5,6)7/h8-11,14,27-28H,12-13,25-26H2,1-7H3. The van der Waals surface area contributed by atoms with E-state index in [1.54, 1.807) is 0 Å².